The Kier molecular flexibility index (Phi) is 3.18. The number of fused-ring (bicyclic) bond motifs is 3. The summed E-state index contributed by atoms with van der Waals surface area (Å²) in [6, 6.07) is 12.9. The molecule has 4 nitrogen and oxygen atoms in total. The summed E-state index contributed by atoms with van der Waals surface area (Å²) in [4.78, 5) is 13.6. The summed E-state index contributed by atoms with van der Waals surface area (Å²) in [5.74, 6) is 0.118. The van der Waals surface area contributed by atoms with Gasteiger partial charge in [-0.05, 0) is 43.7 Å². The minimum Gasteiger partial charge on any atom is -0.346 e. The Bertz CT molecular complexity index is 986. The second-order valence-corrected chi connectivity index (χ2v) is 7.83. The van der Waals surface area contributed by atoms with Crippen LogP contribution in [-0.4, -0.2) is 23.8 Å². The first-order chi connectivity index (χ1) is 11.4. The molecule has 5 heteroatoms. The van der Waals surface area contributed by atoms with Gasteiger partial charge < -0.3 is 5.32 Å². The number of carbonyl (C=O) groups excluding carboxylic acids is 1. The molecule has 1 saturated heterocycles. The van der Waals surface area contributed by atoms with Crippen LogP contribution in [0.1, 0.15) is 24.5 Å². The van der Waals surface area contributed by atoms with Crippen LogP contribution in [0.3, 0.4) is 0 Å². The Morgan fingerprint density at radius 1 is 1.17 bits per heavy atom. The standard InChI is InChI=1S/C19H19N3OS/c1-11-4-6-15-13(8-11)14-9-12(5-7-16(14)24-15)19(2)10-17(23)22(3)18(20)21-19/h4-9H,10H2,1-3H3,(H2,20,21)/t19-/m0/s1. The van der Waals surface area contributed by atoms with Crippen molar-refractivity contribution in [1.82, 2.24) is 10.2 Å². The van der Waals surface area contributed by atoms with Crippen LogP contribution >= 0.6 is 11.3 Å². The third-order valence-electron chi connectivity index (χ3n) is 4.87. The minimum absolute atomic E-state index is 0.0348. The Balaban J connectivity index is 1.88. The molecule has 2 heterocycles. The monoisotopic (exact) mass is 337 g/mol. The van der Waals surface area contributed by atoms with E-state index < -0.39 is 5.54 Å². The molecule has 0 bridgehead atoms. The lowest BCUT2D eigenvalue weighted by molar-refractivity contribution is -0.129. The third kappa shape index (κ3) is 2.19. The summed E-state index contributed by atoms with van der Waals surface area (Å²) >= 11 is 1.79. The number of guanidine groups is 1. The molecule has 0 saturated carbocycles. The van der Waals surface area contributed by atoms with E-state index in [-0.39, 0.29) is 11.9 Å². The van der Waals surface area contributed by atoms with Crippen LogP contribution in [0.5, 0.6) is 0 Å². The molecular formula is C19H19N3OS. The van der Waals surface area contributed by atoms with Crippen LogP contribution in [0, 0.1) is 12.3 Å². The average molecular weight is 337 g/mol. The summed E-state index contributed by atoms with van der Waals surface area (Å²) in [6.07, 6.45) is 0.346. The second-order valence-electron chi connectivity index (χ2n) is 6.75. The fraction of sp³-hybridized carbons (Fsp3) is 0.263. The molecule has 1 aliphatic heterocycles. The maximum absolute atomic E-state index is 12.2. The molecule has 24 heavy (non-hydrogen) atoms. The zero-order valence-corrected chi connectivity index (χ0v) is 14.8. The summed E-state index contributed by atoms with van der Waals surface area (Å²) in [5.41, 5.74) is 1.74. The van der Waals surface area contributed by atoms with E-state index in [1.54, 1.807) is 18.4 Å². The van der Waals surface area contributed by atoms with Gasteiger partial charge in [0.15, 0.2) is 5.96 Å². The van der Waals surface area contributed by atoms with E-state index in [1.807, 2.05) is 6.92 Å². The quantitative estimate of drug-likeness (QED) is 0.706. The number of nitrogens with zero attached hydrogens (tertiary/aromatic N) is 1. The zero-order valence-electron chi connectivity index (χ0n) is 13.9. The lowest BCUT2D eigenvalue weighted by Crippen LogP contribution is -2.58. The Morgan fingerprint density at radius 3 is 2.54 bits per heavy atom. The van der Waals surface area contributed by atoms with Crippen molar-refractivity contribution in [3.8, 4) is 0 Å². The Morgan fingerprint density at radius 2 is 1.83 bits per heavy atom. The molecule has 1 fully saturated rings. The van der Waals surface area contributed by atoms with Crippen molar-refractivity contribution in [3.63, 3.8) is 0 Å². The van der Waals surface area contributed by atoms with Crippen molar-refractivity contribution in [2.75, 3.05) is 7.05 Å². The summed E-state index contributed by atoms with van der Waals surface area (Å²) in [7, 11) is 1.63. The second kappa shape index (κ2) is 5.05. The topological polar surface area (TPSA) is 56.2 Å². The lowest BCUT2D eigenvalue weighted by Gasteiger charge is -2.39. The van der Waals surface area contributed by atoms with E-state index in [1.165, 1.54) is 30.6 Å². The molecule has 2 aromatic carbocycles. The van der Waals surface area contributed by atoms with Gasteiger partial charge >= 0.3 is 0 Å². The molecule has 3 aromatic rings. The van der Waals surface area contributed by atoms with Gasteiger partial charge in [-0.2, -0.15) is 0 Å². The van der Waals surface area contributed by atoms with Crippen molar-refractivity contribution in [2.24, 2.45) is 0 Å². The lowest BCUT2D eigenvalue weighted by atomic mass is 9.86. The van der Waals surface area contributed by atoms with Crippen LogP contribution in [0.4, 0.5) is 0 Å². The van der Waals surface area contributed by atoms with E-state index in [2.05, 4.69) is 48.6 Å². The zero-order chi connectivity index (χ0) is 17.1. The molecular weight excluding hydrogens is 318 g/mol. The SMILES string of the molecule is Cc1ccc2sc3ccc([C@]4(C)CC(=O)N(C)C(=N)N4)cc3c2c1. The highest BCUT2D eigenvalue weighted by Gasteiger charge is 2.37. The molecule has 122 valence electrons. The number of benzene rings is 2. The van der Waals surface area contributed by atoms with Gasteiger partial charge in [-0.15, -0.1) is 11.3 Å². The molecule has 1 atom stereocenters. The van der Waals surface area contributed by atoms with Gasteiger partial charge in [-0.1, -0.05) is 17.7 Å². The molecule has 1 aromatic heterocycles. The van der Waals surface area contributed by atoms with Gasteiger partial charge in [-0.25, -0.2) is 0 Å². The largest absolute Gasteiger partial charge is 0.346 e. The number of thiophene rings is 1. The average Bonchev–Trinajstić information content (AvgIpc) is 2.89. The number of nitrogens with one attached hydrogen (secondary N) is 2. The first kappa shape index (κ1) is 15.1. The number of amides is 1. The maximum atomic E-state index is 12.2. The minimum atomic E-state index is -0.549. The van der Waals surface area contributed by atoms with Crippen LogP contribution in [0.15, 0.2) is 36.4 Å². The molecule has 0 spiro atoms. The van der Waals surface area contributed by atoms with Crippen LogP contribution < -0.4 is 5.32 Å². The van der Waals surface area contributed by atoms with Crippen molar-refractivity contribution < 1.29 is 4.79 Å². The predicted octanol–water partition coefficient (Wildman–Crippen LogP) is 3.96. The maximum Gasteiger partial charge on any atom is 0.231 e. The van der Waals surface area contributed by atoms with Gasteiger partial charge in [0.05, 0.1) is 12.0 Å². The normalized spacial score (nSPS) is 21.5. The number of aryl methyl sites for hydroxylation is 1. The van der Waals surface area contributed by atoms with Gasteiger partial charge in [0.1, 0.15) is 0 Å². The van der Waals surface area contributed by atoms with E-state index in [9.17, 15) is 4.79 Å². The molecule has 1 aliphatic rings. The molecule has 1 amide bonds. The van der Waals surface area contributed by atoms with Gasteiger partial charge in [0.2, 0.25) is 5.91 Å². The molecule has 4 rings (SSSR count). The first-order valence-electron chi connectivity index (χ1n) is 7.94. The van der Waals surface area contributed by atoms with E-state index in [0.29, 0.717) is 6.42 Å². The fourth-order valence-electron chi connectivity index (χ4n) is 3.34. The molecule has 0 aliphatic carbocycles. The number of hydrogen-bond donors (Lipinski definition) is 2. The van der Waals surface area contributed by atoms with Gasteiger partial charge in [-0.3, -0.25) is 15.1 Å². The predicted molar refractivity (Wildman–Crippen MR) is 99.7 cm³/mol. The summed E-state index contributed by atoms with van der Waals surface area (Å²) < 4.78 is 2.52. The summed E-state index contributed by atoms with van der Waals surface area (Å²) in [6.45, 7) is 4.10. The highest BCUT2D eigenvalue weighted by molar-refractivity contribution is 7.25. The molecule has 2 N–H and O–H groups in total. The number of carbonyl (C=O) groups is 1. The molecule has 0 unspecified atom stereocenters. The van der Waals surface area contributed by atoms with Crippen molar-refractivity contribution in [1.29, 1.82) is 5.41 Å². The Hall–Kier alpha value is -2.40. The number of hydrogen-bond acceptors (Lipinski definition) is 3. The van der Waals surface area contributed by atoms with E-state index >= 15 is 0 Å². The molecule has 0 radical (unpaired) electrons. The number of rotatable bonds is 1. The smallest absolute Gasteiger partial charge is 0.231 e. The third-order valence-corrected chi connectivity index (χ3v) is 6.02. The van der Waals surface area contributed by atoms with E-state index in [4.69, 9.17) is 5.41 Å². The van der Waals surface area contributed by atoms with Crippen LogP contribution in [0.2, 0.25) is 0 Å². The van der Waals surface area contributed by atoms with Crippen LogP contribution in [0.25, 0.3) is 20.2 Å². The van der Waals surface area contributed by atoms with Crippen LogP contribution in [-0.2, 0) is 10.3 Å². The van der Waals surface area contributed by atoms with Crippen molar-refractivity contribution in [2.45, 2.75) is 25.8 Å². The summed E-state index contributed by atoms with van der Waals surface area (Å²) in [5, 5.41) is 13.7. The highest BCUT2D eigenvalue weighted by atomic mass is 32.1. The Labute approximate surface area is 144 Å². The van der Waals surface area contributed by atoms with Gasteiger partial charge in [0.25, 0.3) is 0 Å². The van der Waals surface area contributed by atoms with Crippen molar-refractivity contribution in [3.05, 3.63) is 47.5 Å². The highest BCUT2D eigenvalue weighted by Crippen LogP contribution is 2.38. The fourth-order valence-corrected chi connectivity index (χ4v) is 4.41. The van der Waals surface area contributed by atoms with E-state index in [0.717, 1.165) is 5.56 Å². The van der Waals surface area contributed by atoms with Gasteiger partial charge in [0, 0.05) is 27.2 Å². The first-order valence-corrected chi connectivity index (χ1v) is 8.76. The van der Waals surface area contributed by atoms with Crippen molar-refractivity contribution >= 4 is 43.4 Å².